The fourth-order valence-electron chi connectivity index (χ4n) is 5.39. The quantitative estimate of drug-likeness (QED) is 0.461. The number of para-hydroxylation sites is 1. The van der Waals surface area contributed by atoms with Crippen LogP contribution in [0.25, 0.3) is 0 Å². The molecule has 3 amide bonds. The molecular weight excluding hydrogens is 424 g/mol. The number of hydroxylamine groups is 1. The predicted octanol–water partition coefficient (Wildman–Crippen LogP) is 2.29. The van der Waals surface area contributed by atoms with E-state index in [1.165, 1.54) is 0 Å². The zero-order chi connectivity index (χ0) is 23.2. The molecule has 3 atom stereocenters. The molecule has 180 valence electrons. The summed E-state index contributed by atoms with van der Waals surface area (Å²) in [4.78, 5) is 42.0. The van der Waals surface area contributed by atoms with E-state index in [0.717, 1.165) is 44.5 Å². The van der Waals surface area contributed by atoms with E-state index in [9.17, 15) is 19.6 Å². The third kappa shape index (κ3) is 5.76. The summed E-state index contributed by atoms with van der Waals surface area (Å²) in [5.74, 6) is -1.92. The number of ether oxygens (including phenoxy) is 1. The van der Waals surface area contributed by atoms with Crippen molar-refractivity contribution in [3.05, 3.63) is 30.3 Å². The molecule has 2 saturated carbocycles. The van der Waals surface area contributed by atoms with Gasteiger partial charge in [-0.3, -0.25) is 14.8 Å². The smallest absolute Gasteiger partial charge is 0.407 e. The van der Waals surface area contributed by atoms with Gasteiger partial charge < -0.3 is 19.9 Å². The Morgan fingerprint density at radius 3 is 2.27 bits per heavy atom. The largest absolute Gasteiger partial charge is 0.446 e. The molecule has 9 nitrogen and oxygen atoms in total. The van der Waals surface area contributed by atoms with Gasteiger partial charge >= 0.3 is 6.09 Å². The van der Waals surface area contributed by atoms with E-state index in [1.807, 2.05) is 23.1 Å². The fraction of sp³-hybridized carbons (Fsp3) is 0.625. The van der Waals surface area contributed by atoms with Gasteiger partial charge in [-0.25, -0.2) is 10.3 Å². The van der Waals surface area contributed by atoms with Crippen molar-refractivity contribution in [2.24, 2.45) is 11.8 Å². The molecule has 0 aromatic heterocycles. The highest BCUT2D eigenvalue weighted by molar-refractivity contribution is 5.87. The summed E-state index contributed by atoms with van der Waals surface area (Å²) in [5, 5.41) is 12.2. The molecule has 33 heavy (non-hydrogen) atoms. The molecular formula is C24H34N4O5. The van der Waals surface area contributed by atoms with Crippen molar-refractivity contribution in [1.29, 1.82) is 0 Å². The number of carbonyl (C=O) groups excluding carboxylic acids is 3. The SMILES string of the molecule is O=C(NC1CCCC1)OC1CC[C@H](C(=O)N2CCN(c3ccccc3)CC2)C(C(=O)NO)C1. The summed E-state index contributed by atoms with van der Waals surface area (Å²) in [6, 6.07) is 10.3. The zero-order valence-electron chi connectivity index (χ0n) is 18.9. The Hall–Kier alpha value is -2.81. The number of alkyl carbamates (subject to hydrolysis) is 1. The normalized spacial score (nSPS) is 26.0. The number of anilines is 1. The van der Waals surface area contributed by atoms with Crippen molar-refractivity contribution in [3.8, 4) is 0 Å². The Bertz CT molecular complexity index is 821. The second-order valence-electron chi connectivity index (χ2n) is 9.30. The highest BCUT2D eigenvalue weighted by Gasteiger charge is 2.42. The van der Waals surface area contributed by atoms with Crippen LogP contribution in [0.3, 0.4) is 0 Å². The van der Waals surface area contributed by atoms with Gasteiger partial charge in [-0.1, -0.05) is 31.0 Å². The van der Waals surface area contributed by atoms with E-state index in [-0.39, 0.29) is 18.4 Å². The number of hydrogen-bond acceptors (Lipinski definition) is 6. The van der Waals surface area contributed by atoms with E-state index < -0.39 is 29.9 Å². The number of amides is 3. The molecule has 3 N–H and O–H groups in total. The van der Waals surface area contributed by atoms with E-state index in [2.05, 4.69) is 22.3 Å². The van der Waals surface area contributed by atoms with Crippen LogP contribution in [0.2, 0.25) is 0 Å². The zero-order valence-corrected chi connectivity index (χ0v) is 18.9. The highest BCUT2D eigenvalue weighted by Crippen LogP contribution is 2.34. The number of carbonyl (C=O) groups is 3. The molecule has 4 rings (SSSR count). The Morgan fingerprint density at radius 1 is 0.909 bits per heavy atom. The van der Waals surface area contributed by atoms with Crippen LogP contribution in [0.5, 0.6) is 0 Å². The summed E-state index contributed by atoms with van der Waals surface area (Å²) in [6.45, 7) is 2.63. The molecule has 2 unspecified atom stereocenters. The first-order valence-corrected chi connectivity index (χ1v) is 12.0. The van der Waals surface area contributed by atoms with Gasteiger partial charge in [0.05, 0.1) is 11.8 Å². The average Bonchev–Trinajstić information content (AvgIpc) is 3.36. The van der Waals surface area contributed by atoms with Gasteiger partial charge in [-0.2, -0.15) is 0 Å². The molecule has 1 saturated heterocycles. The van der Waals surface area contributed by atoms with Crippen molar-refractivity contribution in [2.75, 3.05) is 31.1 Å². The van der Waals surface area contributed by atoms with E-state index >= 15 is 0 Å². The number of nitrogens with one attached hydrogen (secondary N) is 2. The minimum absolute atomic E-state index is 0.0647. The first kappa shape index (κ1) is 23.4. The Labute approximate surface area is 194 Å². The van der Waals surface area contributed by atoms with E-state index in [4.69, 9.17) is 4.74 Å². The van der Waals surface area contributed by atoms with Crippen molar-refractivity contribution < 1.29 is 24.3 Å². The van der Waals surface area contributed by atoms with Gasteiger partial charge in [-0.05, 0) is 44.2 Å². The minimum Gasteiger partial charge on any atom is -0.446 e. The Morgan fingerprint density at radius 2 is 1.61 bits per heavy atom. The number of benzene rings is 1. The van der Waals surface area contributed by atoms with E-state index in [1.54, 1.807) is 5.48 Å². The molecule has 9 heteroatoms. The van der Waals surface area contributed by atoms with Crippen molar-refractivity contribution in [1.82, 2.24) is 15.7 Å². The van der Waals surface area contributed by atoms with Crippen LogP contribution in [-0.4, -0.2) is 66.3 Å². The van der Waals surface area contributed by atoms with Crippen molar-refractivity contribution in [3.63, 3.8) is 0 Å². The number of hydrogen-bond donors (Lipinski definition) is 3. The van der Waals surface area contributed by atoms with Crippen LogP contribution < -0.4 is 15.7 Å². The van der Waals surface area contributed by atoms with Crippen LogP contribution in [0.15, 0.2) is 30.3 Å². The minimum atomic E-state index is -0.729. The third-order valence-electron chi connectivity index (χ3n) is 7.23. The molecule has 1 aromatic carbocycles. The second-order valence-corrected chi connectivity index (χ2v) is 9.30. The van der Waals surface area contributed by atoms with Crippen LogP contribution in [0.1, 0.15) is 44.9 Å². The maximum absolute atomic E-state index is 13.3. The lowest BCUT2D eigenvalue weighted by molar-refractivity contribution is -0.149. The standard InChI is InChI=1S/C24H34N4O5/c29-22(26-32)21-16-19(33-24(31)25-17-6-4-5-7-17)10-11-20(21)23(30)28-14-12-27(13-15-28)18-8-2-1-3-9-18/h1-3,8-9,17,19-21,32H,4-7,10-16H2,(H,25,31)(H,26,29)/t19?,20-,21?/m0/s1. The predicted molar refractivity (Wildman–Crippen MR) is 122 cm³/mol. The fourth-order valence-corrected chi connectivity index (χ4v) is 5.39. The molecule has 1 aromatic rings. The topological polar surface area (TPSA) is 111 Å². The lowest BCUT2D eigenvalue weighted by Crippen LogP contribution is -2.53. The molecule has 3 aliphatic rings. The summed E-state index contributed by atoms with van der Waals surface area (Å²) < 4.78 is 5.57. The van der Waals surface area contributed by atoms with E-state index in [0.29, 0.717) is 25.9 Å². The first-order chi connectivity index (χ1) is 16.0. The molecule has 0 spiro atoms. The second kappa shape index (κ2) is 10.9. The van der Waals surface area contributed by atoms with Gasteiger partial charge in [0.2, 0.25) is 11.8 Å². The summed E-state index contributed by atoms with van der Waals surface area (Å²) in [6.07, 6.45) is 4.42. The molecule has 2 aliphatic carbocycles. The summed E-state index contributed by atoms with van der Waals surface area (Å²) >= 11 is 0. The number of rotatable bonds is 5. The lowest BCUT2D eigenvalue weighted by atomic mass is 9.76. The van der Waals surface area contributed by atoms with Gasteiger partial charge in [0.1, 0.15) is 6.10 Å². The monoisotopic (exact) mass is 458 g/mol. The summed E-state index contributed by atoms with van der Waals surface area (Å²) in [7, 11) is 0. The van der Waals surface area contributed by atoms with Gasteiger partial charge in [0.15, 0.2) is 0 Å². The molecule has 3 fully saturated rings. The number of nitrogens with zero attached hydrogens (tertiary/aromatic N) is 2. The maximum Gasteiger partial charge on any atom is 0.407 e. The van der Waals surface area contributed by atoms with Gasteiger partial charge in [0.25, 0.3) is 0 Å². The van der Waals surface area contributed by atoms with Crippen LogP contribution in [-0.2, 0) is 14.3 Å². The van der Waals surface area contributed by atoms with Crippen LogP contribution >= 0.6 is 0 Å². The maximum atomic E-state index is 13.3. The molecule has 0 bridgehead atoms. The molecule has 0 radical (unpaired) electrons. The van der Waals surface area contributed by atoms with Crippen LogP contribution in [0.4, 0.5) is 10.5 Å². The molecule has 1 aliphatic heterocycles. The van der Waals surface area contributed by atoms with Crippen molar-refractivity contribution >= 4 is 23.6 Å². The molecule has 1 heterocycles. The highest BCUT2D eigenvalue weighted by atomic mass is 16.6. The van der Waals surface area contributed by atoms with Crippen LogP contribution in [0, 0.1) is 11.8 Å². The Kier molecular flexibility index (Phi) is 7.69. The summed E-state index contributed by atoms with van der Waals surface area (Å²) in [5.41, 5.74) is 2.84. The van der Waals surface area contributed by atoms with Gasteiger partial charge in [0, 0.05) is 37.9 Å². The lowest BCUT2D eigenvalue weighted by Gasteiger charge is -2.40. The van der Waals surface area contributed by atoms with Gasteiger partial charge in [-0.15, -0.1) is 0 Å². The van der Waals surface area contributed by atoms with Crippen molar-refractivity contribution in [2.45, 2.75) is 57.1 Å². The Balaban J connectivity index is 1.32. The average molecular weight is 459 g/mol. The third-order valence-corrected chi connectivity index (χ3v) is 7.23. The number of piperazine rings is 1. The first-order valence-electron chi connectivity index (χ1n) is 12.0.